The molecule has 1 aromatic carbocycles. The predicted octanol–water partition coefficient (Wildman–Crippen LogP) is 8.78. The Bertz CT molecular complexity index is 1500. The third kappa shape index (κ3) is 9.08. The van der Waals surface area contributed by atoms with Crippen LogP contribution in [0.2, 0.25) is 0 Å². The third-order valence-electron chi connectivity index (χ3n) is 6.20. The third-order valence-corrected chi connectivity index (χ3v) is 6.20. The second-order valence-electron chi connectivity index (χ2n) is 11.2. The van der Waals surface area contributed by atoms with Crippen molar-refractivity contribution in [2.45, 2.75) is 83.2 Å². The van der Waals surface area contributed by atoms with Crippen LogP contribution in [0.5, 0.6) is 5.88 Å². The molecule has 1 amide bonds. The molecule has 0 bridgehead atoms. The number of pyridine rings is 1. The second-order valence-corrected chi connectivity index (χ2v) is 11.2. The molecule has 0 aliphatic rings. The van der Waals surface area contributed by atoms with Crippen LogP contribution < -0.4 is 10.1 Å². The van der Waals surface area contributed by atoms with E-state index in [4.69, 9.17) is 18.6 Å². The number of hydrogen-bond donors (Lipinski definition) is 1. The van der Waals surface area contributed by atoms with Crippen molar-refractivity contribution in [3.8, 4) is 17.5 Å². The zero-order valence-corrected chi connectivity index (χ0v) is 25.6. The van der Waals surface area contributed by atoms with Crippen molar-refractivity contribution in [3.05, 3.63) is 78.7 Å². The lowest BCUT2D eigenvalue weighted by atomic mass is 9.96. The monoisotopic (exact) mass is 656 g/mol. The zero-order chi connectivity index (χ0) is 34.3. The SMILES string of the molecule is C=CCCC(OCc1ccccc1)(c1nnc(-c2nc(O[C@@H](C)CC=C)c(C(F)(F)F)cc2NC(=O)OC(C)(C)C)o1)C(F)(F)F. The molecule has 0 aliphatic heterocycles. The van der Waals surface area contributed by atoms with Crippen LogP contribution in [0.1, 0.15) is 64.0 Å². The van der Waals surface area contributed by atoms with Crippen LogP contribution in [-0.2, 0) is 27.9 Å². The molecule has 2 aromatic heterocycles. The summed E-state index contributed by atoms with van der Waals surface area (Å²) >= 11 is 0. The molecule has 1 N–H and O–H groups in total. The minimum absolute atomic E-state index is 0.132. The molecular formula is C31H34F6N4O5. The fraction of sp³-hybridized carbons (Fsp3) is 0.419. The van der Waals surface area contributed by atoms with Gasteiger partial charge in [0, 0.05) is 6.42 Å². The summed E-state index contributed by atoms with van der Waals surface area (Å²) in [7, 11) is 0. The molecule has 3 aromatic rings. The van der Waals surface area contributed by atoms with Gasteiger partial charge in [0.05, 0.1) is 12.3 Å². The summed E-state index contributed by atoms with van der Waals surface area (Å²) in [5.74, 6) is -2.74. The largest absolute Gasteiger partial charge is 0.474 e. The van der Waals surface area contributed by atoms with Gasteiger partial charge in [0.25, 0.3) is 11.8 Å². The van der Waals surface area contributed by atoms with Gasteiger partial charge in [0.1, 0.15) is 17.3 Å². The number of ether oxygens (including phenoxy) is 3. The maximum Gasteiger partial charge on any atom is 0.426 e. The van der Waals surface area contributed by atoms with Gasteiger partial charge in [-0.1, -0.05) is 42.5 Å². The highest BCUT2D eigenvalue weighted by Gasteiger charge is 2.61. The summed E-state index contributed by atoms with van der Waals surface area (Å²) in [4.78, 5) is 16.5. The van der Waals surface area contributed by atoms with E-state index < -0.39 is 83.4 Å². The van der Waals surface area contributed by atoms with Gasteiger partial charge in [0.15, 0.2) is 5.69 Å². The number of benzene rings is 1. The molecule has 0 spiro atoms. The molecule has 15 heteroatoms. The van der Waals surface area contributed by atoms with E-state index in [2.05, 4.69) is 33.7 Å². The standard InChI is InChI=1S/C31H34F6N4O5/c1-7-9-16-29(31(35,36)37,43-18-20-14-11-10-12-15-20)26-41-40-25(45-26)23-22(38-27(42)46-28(4,5)6)17-21(30(32,33)34)24(39-23)44-19(3)13-8-2/h7-8,10-12,14-15,17,19H,1-2,9,13,16,18H2,3-6H3,(H,38,42)/t19-,29?/m0/s1. The first kappa shape index (κ1) is 36.1. The highest BCUT2D eigenvalue weighted by atomic mass is 19.4. The fourth-order valence-electron chi connectivity index (χ4n) is 4.09. The van der Waals surface area contributed by atoms with Gasteiger partial charge in [-0.15, -0.1) is 23.4 Å². The van der Waals surface area contributed by atoms with E-state index in [0.717, 1.165) is 0 Å². The van der Waals surface area contributed by atoms with E-state index >= 15 is 0 Å². The van der Waals surface area contributed by atoms with Crippen molar-refractivity contribution in [1.29, 1.82) is 0 Å². The van der Waals surface area contributed by atoms with E-state index in [-0.39, 0.29) is 12.8 Å². The summed E-state index contributed by atoms with van der Waals surface area (Å²) in [6.07, 6.45) is -10.3. The lowest BCUT2D eigenvalue weighted by molar-refractivity contribution is -0.299. The summed E-state index contributed by atoms with van der Waals surface area (Å²) in [5, 5.41) is 9.45. The Hall–Kier alpha value is -4.40. The number of aromatic nitrogens is 3. The average molecular weight is 657 g/mol. The summed E-state index contributed by atoms with van der Waals surface area (Å²) in [6.45, 7) is 12.5. The number of hydrogen-bond acceptors (Lipinski definition) is 8. The van der Waals surface area contributed by atoms with Crippen molar-refractivity contribution < 1.29 is 49.8 Å². The van der Waals surface area contributed by atoms with Crippen LogP contribution in [-0.4, -0.2) is 39.2 Å². The normalized spacial score (nSPS) is 14.2. The molecule has 46 heavy (non-hydrogen) atoms. The number of halogens is 6. The quantitative estimate of drug-likeness (QED) is 0.144. The zero-order valence-electron chi connectivity index (χ0n) is 25.6. The van der Waals surface area contributed by atoms with Crippen molar-refractivity contribution >= 4 is 11.8 Å². The predicted molar refractivity (Wildman–Crippen MR) is 156 cm³/mol. The molecule has 0 saturated heterocycles. The molecular weight excluding hydrogens is 622 g/mol. The van der Waals surface area contributed by atoms with E-state index in [1.807, 2.05) is 0 Å². The number of nitrogens with zero attached hydrogens (tertiary/aromatic N) is 3. The highest BCUT2D eigenvalue weighted by Crippen LogP contribution is 2.47. The van der Waals surface area contributed by atoms with Crippen LogP contribution in [0.3, 0.4) is 0 Å². The first-order chi connectivity index (χ1) is 21.4. The van der Waals surface area contributed by atoms with E-state index in [9.17, 15) is 31.1 Å². The lowest BCUT2D eigenvalue weighted by Crippen LogP contribution is -2.45. The number of amides is 1. The van der Waals surface area contributed by atoms with Crippen molar-refractivity contribution in [1.82, 2.24) is 15.2 Å². The number of nitrogens with one attached hydrogen (secondary N) is 1. The highest BCUT2D eigenvalue weighted by molar-refractivity contribution is 5.89. The molecule has 1 unspecified atom stereocenters. The molecule has 2 heterocycles. The summed E-state index contributed by atoms with van der Waals surface area (Å²) in [6, 6.07) is 8.53. The van der Waals surface area contributed by atoms with Gasteiger partial charge in [0.2, 0.25) is 11.5 Å². The first-order valence-corrected chi connectivity index (χ1v) is 14.0. The van der Waals surface area contributed by atoms with Gasteiger partial charge >= 0.3 is 18.4 Å². The fourth-order valence-corrected chi connectivity index (χ4v) is 4.09. The Balaban J connectivity index is 2.22. The first-order valence-electron chi connectivity index (χ1n) is 14.0. The molecule has 250 valence electrons. The van der Waals surface area contributed by atoms with Crippen molar-refractivity contribution in [2.24, 2.45) is 0 Å². The van der Waals surface area contributed by atoms with E-state index in [1.165, 1.54) is 39.8 Å². The van der Waals surface area contributed by atoms with Crippen LogP contribution in [0.4, 0.5) is 36.8 Å². The molecule has 0 radical (unpaired) electrons. The van der Waals surface area contributed by atoms with E-state index in [1.54, 1.807) is 30.3 Å². The summed E-state index contributed by atoms with van der Waals surface area (Å²) in [5.41, 5.74) is -6.43. The van der Waals surface area contributed by atoms with Crippen molar-refractivity contribution in [2.75, 3.05) is 5.32 Å². The van der Waals surface area contributed by atoms with Crippen LogP contribution >= 0.6 is 0 Å². The Morgan fingerprint density at radius 3 is 2.28 bits per heavy atom. The van der Waals surface area contributed by atoms with Gasteiger partial charge in [-0.25, -0.2) is 9.78 Å². The minimum Gasteiger partial charge on any atom is -0.474 e. The number of allylic oxidation sites excluding steroid dienone is 1. The van der Waals surface area contributed by atoms with Gasteiger partial charge in [-0.2, -0.15) is 26.3 Å². The maximum absolute atomic E-state index is 14.8. The summed E-state index contributed by atoms with van der Waals surface area (Å²) < 4.78 is 109. The number of carbonyl (C=O) groups excluding carboxylic acids is 1. The van der Waals surface area contributed by atoms with Crippen molar-refractivity contribution in [3.63, 3.8) is 0 Å². The average Bonchev–Trinajstić information content (AvgIpc) is 3.42. The molecule has 9 nitrogen and oxygen atoms in total. The van der Waals surface area contributed by atoms with E-state index in [0.29, 0.717) is 11.6 Å². The maximum atomic E-state index is 14.8. The topological polar surface area (TPSA) is 109 Å². The molecule has 2 atom stereocenters. The number of alkyl halides is 6. The number of anilines is 1. The Kier molecular flexibility index (Phi) is 11.3. The molecule has 0 aliphatic carbocycles. The van der Waals surface area contributed by atoms with Crippen LogP contribution in [0, 0.1) is 0 Å². The van der Waals surface area contributed by atoms with Gasteiger partial charge < -0.3 is 18.6 Å². The number of rotatable bonds is 13. The number of carbonyl (C=O) groups is 1. The molecule has 0 saturated carbocycles. The van der Waals surface area contributed by atoms with Gasteiger partial charge in [-0.3, -0.25) is 5.32 Å². The Labute approximate surface area is 261 Å². The Morgan fingerprint density at radius 2 is 1.72 bits per heavy atom. The molecule has 3 rings (SSSR count). The Morgan fingerprint density at radius 1 is 1.04 bits per heavy atom. The van der Waals surface area contributed by atoms with Crippen LogP contribution in [0.15, 0.2) is 66.1 Å². The minimum atomic E-state index is -5.10. The smallest absolute Gasteiger partial charge is 0.426 e. The lowest BCUT2D eigenvalue weighted by Gasteiger charge is -2.32. The van der Waals surface area contributed by atoms with Gasteiger partial charge in [-0.05, 0) is 52.2 Å². The molecule has 0 fully saturated rings. The van der Waals surface area contributed by atoms with Crippen LogP contribution in [0.25, 0.3) is 11.6 Å². The second kappa shape index (κ2) is 14.4.